The van der Waals surface area contributed by atoms with E-state index < -0.39 is 5.97 Å². The van der Waals surface area contributed by atoms with Crippen LogP contribution >= 0.6 is 15.9 Å². The Bertz CT molecular complexity index is 607. The summed E-state index contributed by atoms with van der Waals surface area (Å²) in [7, 11) is 1.30. The monoisotopic (exact) mass is 309 g/mol. The second kappa shape index (κ2) is 4.81. The van der Waals surface area contributed by atoms with Crippen molar-refractivity contribution in [3.8, 4) is 5.69 Å². The highest BCUT2D eigenvalue weighted by molar-refractivity contribution is 9.10. The fourth-order valence-corrected chi connectivity index (χ4v) is 2.20. The summed E-state index contributed by atoms with van der Waals surface area (Å²) in [5.74, 6) is 0.354. The molecule has 0 aliphatic heterocycles. The maximum absolute atomic E-state index is 11.5. The molecular weight excluding hydrogens is 298 g/mol. The van der Waals surface area contributed by atoms with E-state index >= 15 is 0 Å². The molecule has 5 nitrogen and oxygen atoms in total. The number of hydrogen-bond acceptors (Lipinski definition) is 4. The molecular formula is C12H12BrN3O2. The first-order valence-electron chi connectivity index (χ1n) is 5.24. The van der Waals surface area contributed by atoms with Gasteiger partial charge in [0.25, 0.3) is 0 Å². The lowest BCUT2D eigenvalue weighted by Crippen LogP contribution is -2.08. The first-order valence-corrected chi connectivity index (χ1v) is 6.03. The first-order chi connectivity index (χ1) is 8.56. The van der Waals surface area contributed by atoms with Crippen molar-refractivity contribution in [1.82, 2.24) is 9.55 Å². The van der Waals surface area contributed by atoms with Gasteiger partial charge in [0.1, 0.15) is 11.6 Å². The second-order valence-electron chi connectivity index (χ2n) is 3.67. The van der Waals surface area contributed by atoms with Crippen molar-refractivity contribution in [3.63, 3.8) is 0 Å². The van der Waals surface area contributed by atoms with E-state index in [9.17, 15) is 4.79 Å². The van der Waals surface area contributed by atoms with Crippen LogP contribution in [0.15, 0.2) is 28.7 Å². The van der Waals surface area contributed by atoms with E-state index in [2.05, 4.69) is 25.7 Å². The van der Waals surface area contributed by atoms with Crippen LogP contribution in [0.5, 0.6) is 0 Å². The van der Waals surface area contributed by atoms with Crippen LogP contribution in [0.3, 0.4) is 0 Å². The van der Waals surface area contributed by atoms with Crippen LogP contribution in [-0.4, -0.2) is 22.6 Å². The van der Waals surface area contributed by atoms with E-state index in [1.165, 1.54) is 7.11 Å². The topological polar surface area (TPSA) is 70.1 Å². The number of nitrogens with two attached hydrogens (primary N) is 1. The molecule has 0 fully saturated rings. The van der Waals surface area contributed by atoms with Crippen molar-refractivity contribution in [2.24, 2.45) is 0 Å². The number of carbonyl (C=O) groups is 1. The van der Waals surface area contributed by atoms with Crippen LogP contribution in [0.4, 0.5) is 5.82 Å². The van der Waals surface area contributed by atoms with Crippen molar-refractivity contribution in [3.05, 3.63) is 40.3 Å². The van der Waals surface area contributed by atoms with E-state index in [1.807, 2.05) is 24.3 Å². The zero-order chi connectivity index (χ0) is 13.3. The SMILES string of the molecule is COC(=O)c1nc(C)n(-c2ccccc2Br)c1N. The Hall–Kier alpha value is -1.82. The number of nitrogen functional groups attached to an aromatic ring is 1. The third kappa shape index (κ3) is 1.99. The largest absolute Gasteiger partial charge is 0.464 e. The average Bonchev–Trinajstić information content (AvgIpc) is 2.65. The van der Waals surface area contributed by atoms with E-state index in [0.717, 1.165) is 10.2 Å². The molecule has 0 saturated heterocycles. The highest BCUT2D eigenvalue weighted by Crippen LogP contribution is 2.26. The molecule has 0 bridgehead atoms. The molecule has 1 heterocycles. The van der Waals surface area contributed by atoms with Crippen molar-refractivity contribution >= 4 is 27.7 Å². The Morgan fingerprint density at radius 1 is 1.44 bits per heavy atom. The summed E-state index contributed by atoms with van der Waals surface area (Å²) in [6.07, 6.45) is 0. The number of esters is 1. The molecule has 6 heteroatoms. The molecule has 0 radical (unpaired) electrons. The molecule has 18 heavy (non-hydrogen) atoms. The van der Waals surface area contributed by atoms with E-state index in [0.29, 0.717) is 5.82 Å². The van der Waals surface area contributed by atoms with Gasteiger partial charge in [-0.25, -0.2) is 9.78 Å². The smallest absolute Gasteiger partial charge is 0.360 e. The third-order valence-corrected chi connectivity index (χ3v) is 3.22. The van der Waals surface area contributed by atoms with Crippen LogP contribution in [0, 0.1) is 6.92 Å². The number of ether oxygens (including phenoxy) is 1. The van der Waals surface area contributed by atoms with Gasteiger partial charge in [0, 0.05) is 4.47 Å². The first kappa shape index (κ1) is 12.6. The van der Waals surface area contributed by atoms with Crippen molar-refractivity contribution in [2.45, 2.75) is 6.92 Å². The number of halogens is 1. The number of aryl methyl sites for hydroxylation is 1. The molecule has 2 aromatic rings. The highest BCUT2D eigenvalue weighted by atomic mass is 79.9. The van der Waals surface area contributed by atoms with Gasteiger partial charge >= 0.3 is 5.97 Å². The van der Waals surface area contributed by atoms with E-state index in [4.69, 9.17) is 5.73 Å². The van der Waals surface area contributed by atoms with Crippen LogP contribution in [-0.2, 0) is 4.74 Å². The summed E-state index contributed by atoms with van der Waals surface area (Å²) in [5.41, 5.74) is 6.92. The third-order valence-electron chi connectivity index (χ3n) is 2.55. The normalized spacial score (nSPS) is 10.4. The number of carbonyl (C=O) groups excluding carboxylic acids is 1. The fraction of sp³-hybridized carbons (Fsp3) is 0.167. The van der Waals surface area contributed by atoms with Gasteiger partial charge in [0.15, 0.2) is 5.69 Å². The van der Waals surface area contributed by atoms with Gasteiger partial charge in [0.2, 0.25) is 0 Å². The number of methoxy groups -OCH3 is 1. The fourth-order valence-electron chi connectivity index (χ4n) is 1.73. The molecule has 0 spiro atoms. The summed E-state index contributed by atoms with van der Waals surface area (Å²) in [6.45, 7) is 1.78. The number of benzene rings is 1. The van der Waals surface area contributed by atoms with Crippen LogP contribution < -0.4 is 5.73 Å². The van der Waals surface area contributed by atoms with Gasteiger partial charge in [-0.2, -0.15) is 0 Å². The Balaban J connectivity index is 2.63. The number of imidazole rings is 1. The number of aromatic nitrogens is 2. The lowest BCUT2D eigenvalue weighted by atomic mass is 10.3. The number of nitrogens with zero attached hydrogens (tertiary/aromatic N) is 2. The zero-order valence-electron chi connectivity index (χ0n) is 9.98. The van der Waals surface area contributed by atoms with Gasteiger partial charge in [-0.1, -0.05) is 12.1 Å². The molecule has 0 amide bonds. The summed E-state index contributed by atoms with van der Waals surface area (Å²) < 4.78 is 7.22. The summed E-state index contributed by atoms with van der Waals surface area (Å²) in [4.78, 5) is 15.7. The molecule has 1 aromatic carbocycles. The number of hydrogen-bond donors (Lipinski definition) is 1. The minimum absolute atomic E-state index is 0.130. The van der Waals surface area contributed by atoms with Crippen molar-refractivity contribution < 1.29 is 9.53 Å². The summed E-state index contributed by atoms with van der Waals surface area (Å²) in [6, 6.07) is 7.57. The molecule has 0 aliphatic carbocycles. The Labute approximate surface area is 113 Å². The Morgan fingerprint density at radius 2 is 2.11 bits per heavy atom. The molecule has 0 unspecified atom stereocenters. The number of para-hydroxylation sites is 1. The van der Waals surface area contributed by atoms with Gasteiger partial charge in [0.05, 0.1) is 12.8 Å². The molecule has 94 valence electrons. The average molecular weight is 310 g/mol. The lowest BCUT2D eigenvalue weighted by molar-refractivity contribution is 0.0596. The summed E-state index contributed by atoms with van der Waals surface area (Å²) >= 11 is 3.44. The van der Waals surface area contributed by atoms with Crippen LogP contribution in [0.2, 0.25) is 0 Å². The summed E-state index contributed by atoms with van der Waals surface area (Å²) in [5, 5.41) is 0. The number of anilines is 1. The molecule has 0 atom stereocenters. The standard InChI is InChI=1S/C12H12BrN3O2/c1-7-15-10(12(17)18-2)11(14)16(7)9-6-4-3-5-8(9)13/h3-6H,14H2,1-2H3. The maximum atomic E-state index is 11.5. The van der Waals surface area contributed by atoms with Crippen LogP contribution in [0.1, 0.15) is 16.3 Å². The predicted molar refractivity (Wildman–Crippen MR) is 71.8 cm³/mol. The quantitative estimate of drug-likeness (QED) is 0.864. The zero-order valence-corrected chi connectivity index (χ0v) is 11.6. The van der Waals surface area contributed by atoms with E-state index in [1.54, 1.807) is 11.5 Å². The Kier molecular flexibility index (Phi) is 3.38. The van der Waals surface area contributed by atoms with Gasteiger partial charge in [-0.15, -0.1) is 0 Å². The Morgan fingerprint density at radius 3 is 2.72 bits per heavy atom. The van der Waals surface area contributed by atoms with Crippen LogP contribution in [0.25, 0.3) is 5.69 Å². The maximum Gasteiger partial charge on any atom is 0.360 e. The van der Waals surface area contributed by atoms with E-state index in [-0.39, 0.29) is 11.5 Å². The van der Waals surface area contributed by atoms with Crippen molar-refractivity contribution in [1.29, 1.82) is 0 Å². The molecule has 0 saturated carbocycles. The van der Waals surface area contributed by atoms with Gasteiger partial charge in [-0.05, 0) is 35.0 Å². The van der Waals surface area contributed by atoms with Gasteiger partial charge < -0.3 is 10.5 Å². The molecule has 2 N–H and O–H groups in total. The van der Waals surface area contributed by atoms with Crippen molar-refractivity contribution in [2.75, 3.05) is 12.8 Å². The minimum atomic E-state index is -0.540. The highest BCUT2D eigenvalue weighted by Gasteiger charge is 2.20. The molecule has 2 rings (SSSR count). The second-order valence-corrected chi connectivity index (χ2v) is 4.53. The number of rotatable bonds is 2. The van der Waals surface area contributed by atoms with Gasteiger partial charge in [-0.3, -0.25) is 4.57 Å². The molecule has 0 aliphatic rings. The minimum Gasteiger partial charge on any atom is -0.464 e. The lowest BCUT2D eigenvalue weighted by Gasteiger charge is -2.09. The molecule has 1 aromatic heterocycles. The predicted octanol–water partition coefficient (Wildman–Crippen LogP) is 2.31.